The highest BCUT2D eigenvalue weighted by molar-refractivity contribution is 7.91. The highest BCUT2D eigenvalue weighted by Gasteiger charge is 2.33. The molecule has 0 unspecified atom stereocenters. The van der Waals surface area contributed by atoms with E-state index in [-0.39, 0.29) is 23.5 Å². The van der Waals surface area contributed by atoms with E-state index < -0.39 is 9.84 Å². The molecule has 0 saturated carbocycles. The zero-order valence-corrected chi connectivity index (χ0v) is 11.8. The smallest absolute Gasteiger partial charge is 0.246 e. The first-order valence-corrected chi connectivity index (χ1v) is 8.12. The Balaban J connectivity index is 2.73. The first-order chi connectivity index (χ1) is 8.50. The van der Waals surface area contributed by atoms with Crippen LogP contribution in [0.2, 0.25) is 0 Å². The Morgan fingerprint density at radius 2 is 2.11 bits per heavy atom. The van der Waals surface area contributed by atoms with E-state index in [1.54, 1.807) is 17.1 Å². The Hall–Kier alpha value is -1.10. The number of hydrogen-bond acceptors (Lipinski definition) is 3. The van der Waals surface area contributed by atoms with Crippen molar-refractivity contribution >= 4 is 15.7 Å². The summed E-state index contributed by atoms with van der Waals surface area (Å²) in [5, 5.41) is 0. The number of hydrogen-bond donors (Lipinski definition) is 0. The maximum absolute atomic E-state index is 12.0. The molecule has 1 aliphatic rings. The highest BCUT2D eigenvalue weighted by atomic mass is 32.2. The van der Waals surface area contributed by atoms with Crippen molar-refractivity contribution in [2.45, 2.75) is 32.7 Å². The van der Waals surface area contributed by atoms with Crippen molar-refractivity contribution < 1.29 is 13.2 Å². The van der Waals surface area contributed by atoms with Crippen LogP contribution in [0.4, 0.5) is 0 Å². The fourth-order valence-corrected chi connectivity index (χ4v) is 3.81. The van der Waals surface area contributed by atoms with Crippen LogP contribution in [0.1, 0.15) is 26.7 Å². The average molecular weight is 271 g/mol. The molecule has 102 valence electrons. The van der Waals surface area contributed by atoms with Gasteiger partial charge in [0, 0.05) is 18.7 Å². The summed E-state index contributed by atoms with van der Waals surface area (Å²) in [6.07, 6.45) is 8.21. The van der Waals surface area contributed by atoms with Gasteiger partial charge in [0.2, 0.25) is 5.91 Å². The zero-order valence-electron chi connectivity index (χ0n) is 11.0. The van der Waals surface area contributed by atoms with Gasteiger partial charge in [0.25, 0.3) is 0 Å². The van der Waals surface area contributed by atoms with Gasteiger partial charge in [0.05, 0.1) is 11.5 Å². The number of nitrogens with zero attached hydrogens (tertiary/aromatic N) is 1. The van der Waals surface area contributed by atoms with Gasteiger partial charge < -0.3 is 4.90 Å². The van der Waals surface area contributed by atoms with Crippen molar-refractivity contribution in [1.82, 2.24) is 4.90 Å². The summed E-state index contributed by atoms with van der Waals surface area (Å²) in [4.78, 5) is 13.7. The number of carbonyl (C=O) groups excluding carboxylic acids is 1. The van der Waals surface area contributed by atoms with Crippen molar-refractivity contribution in [3.63, 3.8) is 0 Å². The lowest BCUT2D eigenvalue weighted by molar-refractivity contribution is -0.127. The average Bonchev–Trinajstić information content (AvgIpc) is 2.66. The van der Waals surface area contributed by atoms with Gasteiger partial charge in [-0.25, -0.2) is 8.42 Å². The molecule has 0 N–H and O–H groups in total. The maximum Gasteiger partial charge on any atom is 0.246 e. The lowest BCUT2D eigenvalue weighted by atomic mass is 10.2. The van der Waals surface area contributed by atoms with Crippen molar-refractivity contribution in [2.75, 3.05) is 18.1 Å². The largest absolute Gasteiger partial charge is 0.335 e. The minimum Gasteiger partial charge on any atom is -0.335 e. The van der Waals surface area contributed by atoms with Crippen molar-refractivity contribution in [3.05, 3.63) is 24.3 Å². The second kappa shape index (κ2) is 6.73. The number of carbonyl (C=O) groups is 1. The Morgan fingerprint density at radius 1 is 1.39 bits per heavy atom. The molecule has 0 aromatic carbocycles. The number of sulfone groups is 1. The van der Waals surface area contributed by atoms with Crippen LogP contribution >= 0.6 is 0 Å². The minimum atomic E-state index is -2.95. The molecule has 0 spiro atoms. The number of allylic oxidation sites excluding steroid dienone is 3. The van der Waals surface area contributed by atoms with E-state index >= 15 is 0 Å². The molecule has 1 rings (SSSR count). The lowest BCUT2D eigenvalue weighted by Gasteiger charge is -2.26. The standard InChI is InChI=1S/C13H21NO3S/c1-3-5-6-7-13(15)14(9-4-2)12-8-10-18(16,17)11-12/h3,5-7,12H,4,8-11H2,1-2H3/b5-3+,7-6-/t12-/m0/s1. The van der Waals surface area contributed by atoms with Gasteiger partial charge in [0.1, 0.15) is 0 Å². The van der Waals surface area contributed by atoms with Crippen LogP contribution in [0.15, 0.2) is 24.3 Å². The van der Waals surface area contributed by atoms with Crippen LogP contribution in [-0.4, -0.2) is 43.3 Å². The second-order valence-electron chi connectivity index (χ2n) is 4.47. The SMILES string of the molecule is C/C=C/C=C\C(=O)N(CCC)[C@H]1CCS(=O)(=O)C1. The second-order valence-corrected chi connectivity index (χ2v) is 6.70. The predicted molar refractivity (Wildman–Crippen MR) is 73.0 cm³/mol. The van der Waals surface area contributed by atoms with Crippen LogP contribution in [0.3, 0.4) is 0 Å². The minimum absolute atomic E-state index is 0.1000. The molecule has 1 amide bonds. The molecule has 0 aromatic heterocycles. The van der Waals surface area contributed by atoms with Gasteiger partial charge in [-0.2, -0.15) is 0 Å². The summed E-state index contributed by atoms with van der Waals surface area (Å²) >= 11 is 0. The summed E-state index contributed by atoms with van der Waals surface area (Å²) in [6, 6.07) is -0.155. The molecule has 5 heteroatoms. The lowest BCUT2D eigenvalue weighted by Crippen LogP contribution is -2.40. The fraction of sp³-hybridized carbons (Fsp3) is 0.615. The summed E-state index contributed by atoms with van der Waals surface area (Å²) in [5.41, 5.74) is 0. The molecule has 1 aliphatic heterocycles. The van der Waals surface area contributed by atoms with Crippen LogP contribution in [0.5, 0.6) is 0 Å². The molecule has 0 radical (unpaired) electrons. The fourth-order valence-electron chi connectivity index (χ4n) is 2.08. The Kier molecular flexibility index (Phi) is 5.59. The molecule has 1 heterocycles. The van der Waals surface area contributed by atoms with Gasteiger partial charge in [-0.1, -0.05) is 25.2 Å². The monoisotopic (exact) mass is 271 g/mol. The Bertz CT molecular complexity index is 437. The van der Waals surface area contributed by atoms with E-state index in [1.165, 1.54) is 6.08 Å². The van der Waals surface area contributed by atoms with Crippen molar-refractivity contribution in [1.29, 1.82) is 0 Å². The zero-order chi connectivity index (χ0) is 13.6. The van der Waals surface area contributed by atoms with Gasteiger partial charge >= 0.3 is 0 Å². The maximum atomic E-state index is 12.0. The first kappa shape index (κ1) is 15.0. The third-order valence-electron chi connectivity index (χ3n) is 2.94. The number of rotatable bonds is 5. The quantitative estimate of drug-likeness (QED) is 0.563. The third-order valence-corrected chi connectivity index (χ3v) is 4.69. The van der Waals surface area contributed by atoms with Crippen molar-refractivity contribution in [2.24, 2.45) is 0 Å². The van der Waals surface area contributed by atoms with E-state index in [4.69, 9.17) is 0 Å². The number of amides is 1. The van der Waals surface area contributed by atoms with Gasteiger partial charge in [0.15, 0.2) is 9.84 Å². The van der Waals surface area contributed by atoms with Gasteiger partial charge in [-0.05, 0) is 19.8 Å². The van der Waals surface area contributed by atoms with Gasteiger partial charge in [-0.15, -0.1) is 0 Å². The third kappa shape index (κ3) is 4.29. The molecule has 1 saturated heterocycles. The van der Waals surface area contributed by atoms with Gasteiger partial charge in [-0.3, -0.25) is 4.79 Å². The Labute approximate surface area is 109 Å². The molecule has 18 heavy (non-hydrogen) atoms. The summed E-state index contributed by atoms with van der Waals surface area (Å²) in [5.74, 6) is 0.206. The molecule has 4 nitrogen and oxygen atoms in total. The van der Waals surface area contributed by atoms with E-state index in [1.807, 2.05) is 19.9 Å². The summed E-state index contributed by atoms with van der Waals surface area (Å²) < 4.78 is 22.9. The molecular formula is C13H21NO3S. The summed E-state index contributed by atoms with van der Waals surface area (Å²) in [7, 11) is -2.95. The molecular weight excluding hydrogens is 250 g/mol. The molecule has 1 atom stereocenters. The van der Waals surface area contributed by atoms with E-state index in [9.17, 15) is 13.2 Å². The molecule has 0 bridgehead atoms. The van der Waals surface area contributed by atoms with Crippen LogP contribution in [0.25, 0.3) is 0 Å². The normalized spacial score (nSPS) is 22.9. The van der Waals surface area contributed by atoms with Crippen LogP contribution in [-0.2, 0) is 14.6 Å². The highest BCUT2D eigenvalue weighted by Crippen LogP contribution is 2.18. The van der Waals surface area contributed by atoms with Crippen LogP contribution < -0.4 is 0 Å². The predicted octanol–water partition coefficient (Wildman–Crippen LogP) is 1.54. The van der Waals surface area contributed by atoms with Crippen molar-refractivity contribution in [3.8, 4) is 0 Å². The van der Waals surface area contributed by atoms with E-state index in [0.29, 0.717) is 13.0 Å². The van der Waals surface area contributed by atoms with E-state index in [0.717, 1.165) is 6.42 Å². The summed E-state index contributed by atoms with van der Waals surface area (Å²) in [6.45, 7) is 4.47. The van der Waals surface area contributed by atoms with E-state index in [2.05, 4.69) is 0 Å². The molecule has 1 fully saturated rings. The topological polar surface area (TPSA) is 54.5 Å². The Morgan fingerprint density at radius 3 is 2.61 bits per heavy atom. The molecule has 0 aliphatic carbocycles. The first-order valence-electron chi connectivity index (χ1n) is 6.30. The van der Waals surface area contributed by atoms with Crippen LogP contribution in [0, 0.1) is 0 Å². The molecule has 0 aromatic rings.